The maximum atomic E-state index is 13.0. The van der Waals surface area contributed by atoms with Crippen molar-refractivity contribution in [1.29, 1.82) is 0 Å². The summed E-state index contributed by atoms with van der Waals surface area (Å²) in [5.41, 5.74) is 2.07. The van der Waals surface area contributed by atoms with Gasteiger partial charge in [-0.15, -0.1) is 0 Å². The molecule has 0 radical (unpaired) electrons. The van der Waals surface area contributed by atoms with E-state index >= 15 is 0 Å². The molecule has 0 atom stereocenters. The average molecular weight is 264 g/mol. The normalized spacial score (nSPS) is 10.9. The summed E-state index contributed by atoms with van der Waals surface area (Å²) < 4.78 is 13.9. The number of nitrogens with one attached hydrogen (secondary N) is 1. The van der Waals surface area contributed by atoms with Crippen LogP contribution in [0, 0.1) is 5.82 Å². The molecule has 3 aromatic rings. The molecule has 0 aliphatic heterocycles. The summed E-state index contributed by atoms with van der Waals surface area (Å²) in [5.74, 6) is -0.217. The van der Waals surface area contributed by atoms with E-state index in [1.807, 2.05) is 5.38 Å². The molecular weight excluding hydrogens is 255 g/mol. The lowest BCUT2D eigenvalue weighted by Crippen LogP contribution is -1.96. The molecule has 0 aliphatic rings. The number of hydrogen-bond acceptors (Lipinski definition) is 4. The summed E-state index contributed by atoms with van der Waals surface area (Å²) >= 11 is 3.15. The third kappa shape index (κ3) is 2.30. The van der Waals surface area contributed by atoms with Crippen molar-refractivity contribution in [2.24, 2.45) is 0 Å². The highest BCUT2D eigenvalue weighted by Crippen LogP contribution is 2.26. The fraction of sp³-hybridized carbons (Fsp3) is 0.0833. The first-order valence-electron chi connectivity index (χ1n) is 5.12. The van der Waals surface area contributed by atoms with E-state index in [1.165, 1.54) is 29.0 Å². The van der Waals surface area contributed by atoms with Crippen LogP contribution >= 0.6 is 22.7 Å². The Bertz CT molecular complexity index is 631. The number of thiophene rings is 1. The Kier molecular flexibility index (Phi) is 2.78. The van der Waals surface area contributed by atoms with Gasteiger partial charge in [0.25, 0.3) is 0 Å². The number of benzene rings is 1. The molecule has 0 saturated carbocycles. The first-order chi connectivity index (χ1) is 8.31. The number of fused-ring (bicyclic) bond motifs is 1. The van der Waals surface area contributed by atoms with Crippen LogP contribution in [0.25, 0.3) is 10.2 Å². The minimum absolute atomic E-state index is 0.217. The SMILES string of the molecule is Fc1ccc2nc(NCc3ccsc3)sc2c1. The van der Waals surface area contributed by atoms with Gasteiger partial charge >= 0.3 is 0 Å². The monoisotopic (exact) mass is 264 g/mol. The van der Waals surface area contributed by atoms with Crippen LogP contribution in [0.2, 0.25) is 0 Å². The number of halogens is 1. The van der Waals surface area contributed by atoms with E-state index in [9.17, 15) is 4.39 Å². The molecular formula is C12H9FN2S2. The summed E-state index contributed by atoms with van der Waals surface area (Å²) in [6.45, 7) is 0.756. The first-order valence-corrected chi connectivity index (χ1v) is 6.88. The number of rotatable bonds is 3. The van der Waals surface area contributed by atoms with E-state index in [1.54, 1.807) is 17.4 Å². The fourth-order valence-corrected chi connectivity index (χ4v) is 3.10. The molecule has 2 heterocycles. The van der Waals surface area contributed by atoms with Gasteiger partial charge in [0.2, 0.25) is 0 Å². The van der Waals surface area contributed by atoms with Crippen LogP contribution in [0.1, 0.15) is 5.56 Å². The van der Waals surface area contributed by atoms with Crippen LogP contribution in [0.15, 0.2) is 35.0 Å². The molecule has 1 N–H and O–H groups in total. The summed E-state index contributed by atoms with van der Waals surface area (Å²) in [5, 5.41) is 8.22. The molecule has 5 heteroatoms. The lowest BCUT2D eigenvalue weighted by atomic mass is 10.3. The molecule has 2 aromatic heterocycles. The second-order valence-electron chi connectivity index (χ2n) is 3.62. The third-order valence-electron chi connectivity index (χ3n) is 2.37. The quantitative estimate of drug-likeness (QED) is 0.770. The van der Waals surface area contributed by atoms with Gasteiger partial charge in [-0.2, -0.15) is 11.3 Å². The highest BCUT2D eigenvalue weighted by Gasteiger charge is 2.04. The van der Waals surface area contributed by atoms with Gasteiger partial charge in [0.15, 0.2) is 5.13 Å². The van der Waals surface area contributed by atoms with Crippen molar-refractivity contribution in [3.05, 3.63) is 46.4 Å². The second kappa shape index (κ2) is 4.43. The Balaban J connectivity index is 1.81. The van der Waals surface area contributed by atoms with E-state index in [0.29, 0.717) is 0 Å². The molecule has 86 valence electrons. The zero-order valence-electron chi connectivity index (χ0n) is 8.81. The Morgan fingerprint density at radius 1 is 1.29 bits per heavy atom. The van der Waals surface area contributed by atoms with Crippen molar-refractivity contribution in [3.63, 3.8) is 0 Å². The standard InChI is InChI=1S/C12H9FN2S2/c13-9-1-2-10-11(5-9)17-12(15-10)14-6-8-3-4-16-7-8/h1-5,7H,6H2,(H,14,15). The zero-order valence-corrected chi connectivity index (χ0v) is 10.4. The minimum Gasteiger partial charge on any atom is -0.357 e. The largest absolute Gasteiger partial charge is 0.357 e. The summed E-state index contributed by atoms with van der Waals surface area (Å²) in [6.07, 6.45) is 0. The lowest BCUT2D eigenvalue weighted by Gasteiger charge is -1.98. The van der Waals surface area contributed by atoms with Gasteiger partial charge in [0.05, 0.1) is 10.2 Å². The highest BCUT2D eigenvalue weighted by molar-refractivity contribution is 7.22. The topological polar surface area (TPSA) is 24.9 Å². The molecule has 0 amide bonds. The van der Waals surface area contributed by atoms with E-state index in [4.69, 9.17) is 0 Å². The fourth-order valence-electron chi connectivity index (χ4n) is 1.54. The highest BCUT2D eigenvalue weighted by atomic mass is 32.1. The van der Waals surface area contributed by atoms with Gasteiger partial charge in [0, 0.05) is 6.54 Å². The second-order valence-corrected chi connectivity index (χ2v) is 5.43. The van der Waals surface area contributed by atoms with E-state index in [-0.39, 0.29) is 5.82 Å². The Morgan fingerprint density at radius 2 is 2.24 bits per heavy atom. The number of nitrogens with zero attached hydrogens (tertiary/aromatic N) is 1. The molecule has 0 unspecified atom stereocenters. The van der Waals surface area contributed by atoms with E-state index in [2.05, 4.69) is 21.7 Å². The molecule has 0 bridgehead atoms. The average Bonchev–Trinajstić information content (AvgIpc) is 2.94. The number of hydrogen-bond donors (Lipinski definition) is 1. The Hall–Kier alpha value is -1.46. The van der Waals surface area contributed by atoms with Gasteiger partial charge in [-0.05, 0) is 40.6 Å². The van der Waals surface area contributed by atoms with Crippen molar-refractivity contribution in [2.45, 2.75) is 6.54 Å². The van der Waals surface area contributed by atoms with Gasteiger partial charge in [-0.25, -0.2) is 9.37 Å². The van der Waals surface area contributed by atoms with Gasteiger partial charge in [0.1, 0.15) is 5.82 Å². The van der Waals surface area contributed by atoms with Gasteiger partial charge in [-0.3, -0.25) is 0 Å². The van der Waals surface area contributed by atoms with Crippen LogP contribution in [-0.2, 0) is 6.54 Å². The van der Waals surface area contributed by atoms with Gasteiger partial charge < -0.3 is 5.32 Å². The summed E-state index contributed by atoms with van der Waals surface area (Å²) in [6, 6.07) is 6.73. The summed E-state index contributed by atoms with van der Waals surface area (Å²) in [7, 11) is 0. The number of anilines is 1. The van der Waals surface area contributed by atoms with Crippen molar-refractivity contribution >= 4 is 38.0 Å². The smallest absolute Gasteiger partial charge is 0.184 e. The minimum atomic E-state index is -0.217. The predicted octanol–water partition coefficient (Wildman–Crippen LogP) is 4.11. The lowest BCUT2D eigenvalue weighted by molar-refractivity contribution is 0.630. The maximum Gasteiger partial charge on any atom is 0.184 e. The van der Waals surface area contributed by atoms with Crippen LogP contribution in [-0.4, -0.2) is 4.98 Å². The van der Waals surface area contributed by atoms with E-state index in [0.717, 1.165) is 21.9 Å². The molecule has 0 fully saturated rings. The van der Waals surface area contributed by atoms with Crippen molar-refractivity contribution in [3.8, 4) is 0 Å². The van der Waals surface area contributed by atoms with Crippen molar-refractivity contribution < 1.29 is 4.39 Å². The molecule has 0 spiro atoms. The number of thiazole rings is 1. The molecule has 17 heavy (non-hydrogen) atoms. The van der Waals surface area contributed by atoms with Crippen LogP contribution in [0.5, 0.6) is 0 Å². The molecule has 1 aromatic carbocycles. The van der Waals surface area contributed by atoms with Crippen molar-refractivity contribution in [1.82, 2.24) is 4.98 Å². The number of aromatic nitrogens is 1. The Labute approximate surface area is 106 Å². The maximum absolute atomic E-state index is 13.0. The van der Waals surface area contributed by atoms with Crippen LogP contribution < -0.4 is 5.32 Å². The molecule has 2 nitrogen and oxygen atoms in total. The zero-order chi connectivity index (χ0) is 11.7. The third-order valence-corrected chi connectivity index (χ3v) is 4.08. The molecule has 0 aliphatic carbocycles. The predicted molar refractivity (Wildman–Crippen MR) is 71.2 cm³/mol. The van der Waals surface area contributed by atoms with E-state index < -0.39 is 0 Å². The molecule has 3 rings (SSSR count). The first kappa shape index (κ1) is 10.7. The molecule has 0 saturated heterocycles. The summed E-state index contributed by atoms with van der Waals surface area (Å²) in [4.78, 5) is 4.40. The van der Waals surface area contributed by atoms with Gasteiger partial charge in [-0.1, -0.05) is 11.3 Å². The van der Waals surface area contributed by atoms with Crippen LogP contribution in [0.4, 0.5) is 9.52 Å². The Morgan fingerprint density at radius 3 is 3.06 bits per heavy atom. The van der Waals surface area contributed by atoms with Crippen LogP contribution in [0.3, 0.4) is 0 Å². The van der Waals surface area contributed by atoms with Crippen molar-refractivity contribution in [2.75, 3.05) is 5.32 Å².